The molecule has 0 radical (unpaired) electrons. The third kappa shape index (κ3) is 31.2. The predicted molar refractivity (Wildman–Crippen MR) is 2.06 cm³/mol. The van der Waals surface area contributed by atoms with Crippen molar-refractivity contribution in [2.75, 3.05) is 0 Å². The molecule has 0 saturated carbocycles. The minimum Gasteiger partial charge on any atom is -2.00 e. The van der Waals surface area contributed by atoms with Crippen molar-refractivity contribution >= 4 is 0 Å². The van der Waals surface area contributed by atoms with E-state index in [9.17, 15) is 0 Å². The van der Waals surface area contributed by atoms with Crippen molar-refractivity contribution < 1.29 is 95.0 Å². The van der Waals surface area contributed by atoms with Gasteiger partial charge in [0.15, 0.2) is 0 Å². The summed E-state index contributed by atoms with van der Waals surface area (Å²) in [6.07, 6.45) is 0. The Morgan fingerprint density at radius 3 is 0.333 bits per heavy atom. The molecule has 6 heteroatoms. The van der Waals surface area contributed by atoms with Crippen LogP contribution >= 0.6 is 0 Å². The Morgan fingerprint density at radius 1 is 0.333 bits per heavy atom. The molecule has 0 atom stereocenters. The normalized spacial score (nSPS) is 0. The molecule has 0 aromatic rings. The average molecular weight is 322 g/mol. The van der Waals surface area contributed by atoms with Crippen molar-refractivity contribution in [2.24, 2.45) is 0 Å². The third-order valence-electron chi connectivity index (χ3n) is 0. The van der Waals surface area contributed by atoms with Gasteiger partial charge in [-0.2, -0.15) is 0 Å². The van der Waals surface area contributed by atoms with Crippen molar-refractivity contribution in [2.45, 2.75) is 0 Å². The molecule has 0 aliphatic rings. The van der Waals surface area contributed by atoms with Crippen LogP contribution in [-0.4, -0.2) is 0 Å². The molecule has 24 valence electrons. The molecular formula is O3Zr3+6. The first kappa shape index (κ1) is 75.6. The molecule has 0 bridgehead atoms. The van der Waals surface area contributed by atoms with Gasteiger partial charge in [0.25, 0.3) is 0 Å². The fourth-order valence-corrected chi connectivity index (χ4v) is 0. The number of hydrogen-bond acceptors (Lipinski definition) is 0. The summed E-state index contributed by atoms with van der Waals surface area (Å²) in [5, 5.41) is 0. The summed E-state index contributed by atoms with van der Waals surface area (Å²) in [6, 6.07) is 0. The maximum absolute atomic E-state index is 0. The van der Waals surface area contributed by atoms with E-state index in [1.807, 2.05) is 0 Å². The van der Waals surface area contributed by atoms with Gasteiger partial charge in [0.2, 0.25) is 0 Å². The molecule has 6 heavy (non-hydrogen) atoms. The fraction of sp³-hybridized carbons (Fsp3) is 0. The molecule has 0 aromatic heterocycles. The van der Waals surface area contributed by atoms with Gasteiger partial charge in [-0.25, -0.2) is 0 Å². The van der Waals surface area contributed by atoms with Gasteiger partial charge in [-0.1, -0.05) is 0 Å². The quantitative estimate of drug-likeness (QED) is 0.583. The smallest absolute Gasteiger partial charge is 2.00 e. The van der Waals surface area contributed by atoms with Crippen LogP contribution in [0.4, 0.5) is 0 Å². The van der Waals surface area contributed by atoms with E-state index >= 15 is 0 Å². The topological polar surface area (TPSA) is 85.5 Å². The summed E-state index contributed by atoms with van der Waals surface area (Å²) < 4.78 is 0. The average Bonchev–Trinajstić information content (AvgIpc) is 0. The minimum atomic E-state index is 0. The molecule has 0 heterocycles. The molecule has 0 spiro atoms. The van der Waals surface area contributed by atoms with E-state index in [1.54, 1.807) is 0 Å². The van der Waals surface area contributed by atoms with E-state index in [1.165, 1.54) is 0 Å². The molecule has 0 rings (SSSR count). The summed E-state index contributed by atoms with van der Waals surface area (Å²) >= 11 is 0. The van der Waals surface area contributed by atoms with Crippen molar-refractivity contribution in [3.8, 4) is 0 Å². The second kappa shape index (κ2) is 50.2. The van der Waals surface area contributed by atoms with Crippen molar-refractivity contribution in [1.82, 2.24) is 0 Å². The minimum absolute atomic E-state index is 0. The van der Waals surface area contributed by atoms with Crippen molar-refractivity contribution in [3.05, 3.63) is 0 Å². The Kier molecular flexibility index (Phi) is 632. The van der Waals surface area contributed by atoms with E-state index in [0.717, 1.165) is 0 Å². The Bertz CT molecular complexity index is 6.00. The van der Waals surface area contributed by atoms with Crippen LogP contribution in [0.5, 0.6) is 0 Å². The zero-order valence-electron chi connectivity index (χ0n) is 2.72. The zero-order chi connectivity index (χ0) is 0. The van der Waals surface area contributed by atoms with E-state index in [4.69, 9.17) is 0 Å². The zero-order valence-corrected chi connectivity index (χ0v) is 10.1. The van der Waals surface area contributed by atoms with Gasteiger partial charge in [0.05, 0.1) is 0 Å². The molecule has 0 aromatic carbocycles. The van der Waals surface area contributed by atoms with E-state index in [-0.39, 0.29) is 95.0 Å². The molecule has 0 amide bonds. The summed E-state index contributed by atoms with van der Waals surface area (Å²) in [4.78, 5) is 0. The second-order valence-corrected chi connectivity index (χ2v) is 0. The molecule has 0 saturated heterocycles. The van der Waals surface area contributed by atoms with Crippen LogP contribution < -0.4 is 0 Å². The molecule has 0 unspecified atom stereocenters. The molecular weight excluding hydrogens is 322 g/mol. The second-order valence-electron chi connectivity index (χ2n) is 0. The molecule has 0 fully saturated rings. The Labute approximate surface area is 93.6 Å². The summed E-state index contributed by atoms with van der Waals surface area (Å²) in [5.41, 5.74) is 0. The predicted octanol–water partition coefficient (Wildman–Crippen LogP) is -0.364. The first-order chi connectivity index (χ1) is 0. The van der Waals surface area contributed by atoms with Crippen LogP contribution in [-0.2, 0) is 95.0 Å². The summed E-state index contributed by atoms with van der Waals surface area (Å²) in [7, 11) is 0. The van der Waals surface area contributed by atoms with Gasteiger partial charge in [-0.15, -0.1) is 0 Å². The van der Waals surface area contributed by atoms with E-state index in [2.05, 4.69) is 0 Å². The van der Waals surface area contributed by atoms with Crippen LogP contribution in [0, 0.1) is 0 Å². The Balaban J connectivity index is 0. The largest absolute Gasteiger partial charge is 4.00 e. The monoisotopic (exact) mass is 318 g/mol. The number of hydrogen-bond donors (Lipinski definition) is 0. The van der Waals surface area contributed by atoms with Gasteiger partial charge in [0, 0.05) is 0 Å². The summed E-state index contributed by atoms with van der Waals surface area (Å²) in [5.74, 6) is 0. The first-order valence-corrected chi connectivity index (χ1v) is 0. The first-order valence-electron chi connectivity index (χ1n) is 0. The third-order valence-corrected chi connectivity index (χ3v) is 0. The number of rotatable bonds is 0. The standard InChI is InChI=1S/3O.3Zr/q3*-2;3*+4. The van der Waals surface area contributed by atoms with Crippen LogP contribution in [0.2, 0.25) is 0 Å². The Morgan fingerprint density at radius 2 is 0.333 bits per heavy atom. The fourth-order valence-electron chi connectivity index (χ4n) is 0. The molecule has 3 nitrogen and oxygen atoms in total. The van der Waals surface area contributed by atoms with Crippen LogP contribution in [0.1, 0.15) is 0 Å². The molecule has 0 N–H and O–H groups in total. The van der Waals surface area contributed by atoms with Gasteiger partial charge < -0.3 is 16.4 Å². The van der Waals surface area contributed by atoms with Crippen LogP contribution in [0.25, 0.3) is 0 Å². The van der Waals surface area contributed by atoms with Crippen LogP contribution in [0.3, 0.4) is 0 Å². The van der Waals surface area contributed by atoms with Crippen molar-refractivity contribution in [1.29, 1.82) is 0 Å². The van der Waals surface area contributed by atoms with Gasteiger partial charge >= 0.3 is 78.6 Å². The SMILES string of the molecule is [O-2].[O-2].[O-2].[Zr+4].[Zr+4].[Zr+4]. The van der Waals surface area contributed by atoms with Gasteiger partial charge in [-0.3, -0.25) is 0 Å². The van der Waals surface area contributed by atoms with Crippen molar-refractivity contribution in [3.63, 3.8) is 0 Å². The molecule has 0 aliphatic carbocycles. The van der Waals surface area contributed by atoms with Gasteiger partial charge in [0.1, 0.15) is 0 Å². The van der Waals surface area contributed by atoms with E-state index in [0.29, 0.717) is 0 Å². The summed E-state index contributed by atoms with van der Waals surface area (Å²) in [6.45, 7) is 0. The van der Waals surface area contributed by atoms with Gasteiger partial charge in [-0.05, 0) is 0 Å². The maximum atomic E-state index is 0. The Hall–Kier alpha value is 2.53. The van der Waals surface area contributed by atoms with Crippen LogP contribution in [0.15, 0.2) is 0 Å². The maximum Gasteiger partial charge on any atom is 4.00 e. The van der Waals surface area contributed by atoms with E-state index < -0.39 is 0 Å². The molecule has 0 aliphatic heterocycles.